The Bertz CT molecular complexity index is 762. The average molecular weight is 345 g/mol. The van der Waals surface area contributed by atoms with Gasteiger partial charge in [-0.25, -0.2) is 0 Å². The van der Waals surface area contributed by atoms with Crippen molar-refractivity contribution in [3.8, 4) is 5.75 Å². The van der Waals surface area contributed by atoms with E-state index in [1.807, 2.05) is 20.8 Å². The number of benzene rings is 1. The van der Waals surface area contributed by atoms with Crippen molar-refractivity contribution in [2.75, 3.05) is 19.0 Å². The Labute approximate surface area is 146 Å². The first-order valence-corrected chi connectivity index (χ1v) is 7.90. The predicted octanol–water partition coefficient (Wildman–Crippen LogP) is 2.87. The largest absolute Gasteiger partial charge is 0.497 e. The van der Waals surface area contributed by atoms with Gasteiger partial charge in [-0.05, 0) is 45.9 Å². The molecule has 0 fully saturated rings. The van der Waals surface area contributed by atoms with Gasteiger partial charge in [0.25, 0.3) is 5.91 Å². The van der Waals surface area contributed by atoms with E-state index in [-0.39, 0.29) is 18.4 Å². The fraction of sp³-hybridized carbons (Fsp3) is 0.389. The van der Waals surface area contributed by atoms with Crippen LogP contribution in [0, 0.1) is 6.92 Å². The van der Waals surface area contributed by atoms with Crippen molar-refractivity contribution in [2.24, 2.45) is 0 Å². The third-order valence-electron chi connectivity index (χ3n) is 3.57. The van der Waals surface area contributed by atoms with E-state index in [4.69, 9.17) is 9.26 Å². The molecule has 25 heavy (non-hydrogen) atoms. The van der Waals surface area contributed by atoms with Gasteiger partial charge >= 0.3 is 0 Å². The molecule has 0 aliphatic heterocycles. The Balaban J connectivity index is 2.18. The van der Waals surface area contributed by atoms with Gasteiger partial charge in [0, 0.05) is 17.2 Å². The topological polar surface area (TPSA) is 84.7 Å². The molecule has 2 aromatic rings. The summed E-state index contributed by atoms with van der Waals surface area (Å²) in [5.74, 6) is 0.903. The molecule has 1 heterocycles. The van der Waals surface area contributed by atoms with Crippen LogP contribution in [-0.2, 0) is 4.79 Å². The SMILES string of the molecule is COc1cccc(C(=O)N(CC(=O)Nc2cc(C)on2)C(C)(C)C)c1. The van der Waals surface area contributed by atoms with Crippen molar-refractivity contribution >= 4 is 17.6 Å². The average Bonchev–Trinajstić information content (AvgIpc) is 2.96. The minimum Gasteiger partial charge on any atom is -0.497 e. The fourth-order valence-electron chi connectivity index (χ4n) is 2.28. The number of nitrogens with zero attached hydrogens (tertiary/aromatic N) is 2. The number of anilines is 1. The number of amides is 2. The van der Waals surface area contributed by atoms with Gasteiger partial charge in [-0.15, -0.1) is 0 Å². The summed E-state index contributed by atoms with van der Waals surface area (Å²) in [6, 6.07) is 8.47. The lowest BCUT2D eigenvalue weighted by atomic mass is 10.0. The molecule has 7 heteroatoms. The minimum atomic E-state index is -0.544. The molecule has 0 spiro atoms. The number of carbonyl (C=O) groups excluding carboxylic acids is 2. The quantitative estimate of drug-likeness (QED) is 0.901. The molecule has 0 aliphatic rings. The van der Waals surface area contributed by atoms with Crippen LogP contribution < -0.4 is 10.1 Å². The summed E-state index contributed by atoms with van der Waals surface area (Å²) in [4.78, 5) is 26.7. The molecule has 1 aromatic carbocycles. The highest BCUT2D eigenvalue weighted by Gasteiger charge is 2.29. The molecule has 0 bridgehead atoms. The molecule has 0 atom stereocenters. The van der Waals surface area contributed by atoms with Crippen LogP contribution >= 0.6 is 0 Å². The van der Waals surface area contributed by atoms with Crippen LogP contribution in [0.2, 0.25) is 0 Å². The zero-order valence-corrected chi connectivity index (χ0v) is 15.1. The maximum atomic E-state index is 12.9. The first-order chi connectivity index (χ1) is 11.7. The zero-order chi connectivity index (χ0) is 18.6. The molecule has 0 saturated carbocycles. The lowest BCUT2D eigenvalue weighted by molar-refractivity contribution is -0.117. The van der Waals surface area contributed by atoms with E-state index < -0.39 is 5.54 Å². The number of aryl methyl sites for hydroxylation is 1. The second-order valence-electron chi connectivity index (χ2n) is 6.67. The van der Waals surface area contributed by atoms with Gasteiger partial charge in [-0.3, -0.25) is 9.59 Å². The third-order valence-corrected chi connectivity index (χ3v) is 3.57. The first kappa shape index (κ1) is 18.5. The molecule has 134 valence electrons. The van der Waals surface area contributed by atoms with Crippen LogP contribution in [0.1, 0.15) is 36.9 Å². The molecule has 2 amide bonds. The van der Waals surface area contributed by atoms with E-state index >= 15 is 0 Å². The van der Waals surface area contributed by atoms with Gasteiger partial charge < -0.3 is 19.5 Å². The van der Waals surface area contributed by atoms with Crippen molar-refractivity contribution in [3.63, 3.8) is 0 Å². The summed E-state index contributed by atoms with van der Waals surface area (Å²) in [7, 11) is 1.54. The molecular formula is C18H23N3O4. The Morgan fingerprint density at radius 1 is 1.28 bits per heavy atom. The van der Waals surface area contributed by atoms with Gasteiger partial charge in [-0.2, -0.15) is 0 Å². The number of hydrogen-bond acceptors (Lipinski definition) is 5. The summed E-state index contributed by atoms with van der Waals surface area (Å²) in [6.45, 7) is 7.25. The summed E-state index contributed by atoms with van der Waals surface area (Å²) >= 11 is 0. The maximum absolute atomic E-state index is 12.9. The number of nitrogens with one attached hydrogen (secondary N) is 1. The minimum absolute atomic E-state index is 0.106. The Hall–Kier alpha value is -2.83. The normalized spacial score (nSPS) is 11.1. The second-order valence-corrected chi connectivity index (χ2v) is 6.67. The van der Waals surface area contributed by atoms with Gasteiger partial charge in [0.1, 0.15) is 18.1 Å². The molecule has 0 saturated heterocycles. The number of aromatic nitrogens is 1. The molecule has 0 aliphatic carbocycles. The highest BCUT2D eigenvalue weighted by Crippen LogP contribution is 2.20. The number of ether oxygens (including phenoxy) is 1. The highest BCUT2D eigenvalue weighted by molar-refractivity contribution is 5.99. The molecule has 7 nitrogen and oxygen atoms in total. The lowest BCUT2D eigenvalue weighted by Crippen LogP contribution is -2.49. The predicted molar refractivity (Wildman–Crippen MR) is 93.7 cm³/mol. The van der Waals surface area contributed by atoms with E-state index in [0.717, 1.165) is 0 Å². The number of rotatable bonds is 5. The molecular weight excluding hydrogens is 322 g/mol. The van der Waals surface area contributed by atoms with E-state index in [0.29, 0.717) is 22.9 Å². The first-order valence-electron chi connectivity index (χ1n) is 7.90. The maximum Gasteiger partial charge on any atom is 0.254 e. The number of carbonyl (C=O) groups is 2. The van der Waals surface area contributed by atoms with Gasteiger partial charge in [0.05, 0.1) is 7.11 Å². The van der Waals surface area contributed by atoms with E-state index in [2.05, 4.69) is 10.5 Å². The highest BCUT2D eigenvalue weighted by atomic mass is 16.5. The molecule has 2 rings (SSSR count). The van der Waals surface area contributed by atoms with Crippen molar-refractivity contribution < 1.29 is 18.8 Å². The number of methoxy groups -OCH3 is 1. The van der Waals surface area contributed by atoms with Crippen LogP contribution in [-0.4, -0.2) is 41.1 Å². The van der Waals surface area contributed by atoms with Crippen molar-refractivity contribution in [1.82, 2.24) is 10.1 Å². The Kier molecular flexibility index (Phi) is 5.46. The summed E-state index contributed by atoms with van der Waals surface area (Å²) in [5.41, 5.74) is -0.0867. The Morgan fingerprint density at radius 2 is 2.00 bits per heavy atom. The van der Waals surface area contributed by atoms with E-state index in [1.54, 1.807) is 44.4 Å². The second kappa shape index (κ2) is 7.38. The standard InChI is InChI=1S/C18H23N3O4/c1-12-9-15(20-25-12)19-16(22)11-21(18(2,3)4)17(23)13-7-6-8-14(10-13)24-5/h6-10H,11H2,1-5H3,(H,19,20,22). The number of hydrogen-bond donors (Lipinski definition) is 1. The van der Waals surface area contributed by atoms with Crippen molar-refractivity contribution in [3.05, 3.63) is 41.7 Å². The monoisotopic (exact) mass is 345 g/mol. The van der Waals surface area contributed by atoms with E-state index in [1.165, 1.54) is 4.90 Å². The molecule has 0 radical (unpaired) electrons. The zero-order valence-electron chi connectivity index (χ0n) is 15.1. The molecule has 1 aromatic heterocycles. The third kappa shape index (κ3) is 4.82. The Morgan fingerprint density at radius 3 is 2.56 bits per heavy atom. The smallest absolute Gasteiger partial charge is 0.254 e. The van der Waals surface area contributed by atoms with Crippen molar-refractivity contribution in [1.29, 1.82) is 0 Å². The molecule has 0 unspecified atom stereocenters. The van der Waals surface area contributed by atoms with Crippen molar-refractivity contribution in [2.45, 2.75) is 33.2 Å². The summed E-state index contributed by atoms with van der Waals surface area (Å²) in [6.07, 6.45) is 0. The van der Waals surface area contributed by atoms with E-state index in [9.17, 15) is 9.59 Å². The van der Waals surface area contributed by atoms with Gasteiger partial charge in [0.2, 0.25) is 5.91 Å². The van der Waals surface area contributed by atoms with Crippen LogP contribution in [0.15, 0.2) is 34.9 Å². The van der Waals surface area contributed by atoms with Crippen LogP contribution in [0.4, 0.5) is 5.82 Å². The molecule has 1 N–H and O–H groups in total. The summed E-state index contributed by atoms with van der Waals surface area (Å²) in [5, 5.41) is 6.36. The van der Waals surface area contributed by atoms with Crippen LogP contribution in [0.25, 0.3) is 0 Å². The van der Waals surface area contributed by atoms with Gasteiger partial charge in [-0.1, -0.05) is 11.2 Å². The van der Waals surface area contributed by atoms with Crippen LogP contribution in [0.3, 0.4) is 0 Å². The van der Waals surface area contributed by atoms with Crippen LogP contribution in [0.5, 0.6) is 5.75 Å². The lowest BCUT2D eigenvalue weighted by Gasteiger charge is -2.35. The summed E-state index contributed by atoms with van der Waals surface area (Å²) < 4.78 is 10.1. The fourth-order valence-corrected chi connectivity index (χ4v) is 2.28. The van der Waals surface area contributed by atoms with Gasteiger partial charge in [0.15, 0.2) is 5.82 Å².